The number of hydrogen-bond acceptors (Lipinski definition) is 5. The molecule has 0 aliphatic carbocycles. The molecule has 0 spiro atoms. The van der Waals surface area contributed by atoms with Gasteiger partial charge in [-0.3, -0.25) is 15.2 Å². The highest BCUT2D eigenvalue weighted by Crippen LogP contribution is 2.05. The van der Waals surface area contributed by atoms with Crippen molar-refractivity contribution in [3.63, 3.8) is 0 Å². The Kier molecular flexibility index (Phi) is 5.47. The van der Waals surface area contributed by atoms with Crippen molar-refractivity contribution in [1.82, 2.24) is 26.1 Å². The lowest BCUT2D eigenvalue weighted by molar-refractivity contribution is 0.0930. The molecule has 0 aliphatic rings. The highest BCUT2D eigenvalue weighted by atomic mass is 16.3. The molecule has 2 aromatic heterocycles. The van der Waals surface area contributed by atoms with Crippen molar-refractivity contribution < 1.29 is 14.0 Å². The number of nitrogens with one attached hydrogen (secondary N) is 3. The van der Waals surface area contributed by atoms with Gasteiger partial charge in [0, 0.05) is 24.9 Å². The van der Waals surface area contributed by atoms with E-state index in [0.29, 0.717) is 0 Å². The van der Waals surface area contributed by atoms with Crippen LogP contribution >= 0.6 is 0 Å². The normalized spacial score (nSPS) is 11.5. The molecule has 0 unspecified atom stereocenters. The topological polar surface area (TPSA) is 109 Å². The van der Waals surface area contributed by atoms with Crippen molar-refractivity contribution in [3.05, 3.63) is 48.4 Å². The Bertz CT molecular complexity index is 600. The lowest BCUT2D eigenvalue weighted by atomic mass is 10.1. The quantitative estimate of drug-likeness (QED) is 0.715. The fraction of sp³-hybridized carbons (Fsp3) is 0.286. The van der Waals surface area contributed by atoms with Gasteiger partial charge < -0.3 is 9.73 Å². The molecular formula is C14H17N5O3. The molecule has 2 aromatic rings. The maximum atomic E-state index is 11.7. The number of furan rings is 1. The first-order valence-corrected chi connectivity index (χ1v) is 6.80. The highest BCUT2D eigenvalue weighted by Gasteiger charge is 2.11. The number of hydrogen-bond donors (Lipinski definition) is 3. The van der Waals surface area contributed by atoms with E-state index in [1.807, 2.05) is 19.1 Å². The third kappa shape index (κ3) is 4.89. The maximum absolute atomic E-state index is 11.7. The molecule has 0 fully saturated rings. The number of carbonyl (C=O) groups excluding carboxylic acids is 2. The second-order valence-electron chi connectivity index (χ2n) is 4.66. The van der Waals surface area contributed by atoms with Crippen LogP contribution < -0.4 is 16.2 Å². The van der Waals surface area contributed by atoms with Crippen molar-refractivity contribution in [2.45, 2.75) is 25.8 Å². The van der Waals surface area contributed by atoms with Gasteiger partial charge >= 0.3 is 6.03 Å². The molecular weight excluding hydrogens is 286 g/mol. The van der Waals surface area contributed by atoms with Crippen molar-refractivity contribution in [2.75, 3.05) is 0 Å². The van der Waals surface area contributed by atoms with Gasteiger partial charge in [-0.25, -0.2) is 15.2 Å². The molecule has 2 rings (SSSR count). The van der Waals surface area contributed by atoms with E-state index in [2.05, 4.69) is 26.1 Å². The van der Waals surface area contributed by atoms with Crippen molar-refractivity contribution in [3.8, 4) is 0 Å². The second kappa shape index (κ2) is 7.77. The summed E-state index contributed by atoms with van der Waals surface area (Å²) in [6.07, 6.45) is 7.21. The number of urea groups is 1. The number of hydrazine groups is 1. The third-order valence-corrected chi connectivity index (χ3v) is 2.87. The average molecular weight is 303 g/mol. The van der Waals surface area contributed by atoms with Gasteiger partial charge in [0.05, 0.1) is 12.5 Å². The van der Waals surface area contributed by atoms with Crippen LogP contribution in [0.1, 0.15) is 29.6 Å². The van der Waals surface area contributed by atoms with Crippen LogP contribution in [-0.2, 0) is 6.42 Å². The summed E-state index contributed by atoms with van der Waals surface area (Å²) < 4.78 is 5.22. The molecule has 0 aliphatic heterocycles. The van der Waals surface area contributed by atoms with Gasteiger partial charge in [-0.2, -0.15) is 0 Å². The summed E-state index contributed by atoms with van der Waals surface area (Å²) in [6.45, 7) is 1.87. The maximum Gasteiger partial charge on any atom is 0.333 e. The summed E-state index contributed by atoms with van der Waals surface area (Å²) in [5, 5.41) is 2.71. The predicted molar refractivity (Wildman–Crippen MR) is 77.7 cm³/mol. The van der Waals surface area contributed by atoms with Crippen molar-refractivity contribution in [1.29, 1.82) is 0 Å². The van der Waals surface area contributed by atoms with Crippen LogP contribution in [0.25, 0.3) is 0 Å². The molecule has 2 heterocycles. The van der Waals surface area contributed by atoms with Crippen LogP contribution in [0, 0.1) is 0 Å². The van der Waals surface area contributed by atoms with Crippen LogP contribution in [0.3, 0.4) is 0 Å². The Balaban J connectivity index is 1.68. The molecule has 3 amide bonds. The van der Waals surface area contributed by atoms with Crippen molar-refractivity contribution in [2.24, 2.45) is 0 Å². The minimum atomic E-state index is -0.536. The molecule has 0 bridgehead atoms. The predicted octanol–water partition coefficient (Wildman–Crippen LogP) is 1.03. The van der Waals surface area contributed by atoms with Crippen LogP contribution in [0.2, 0.25) is 0 Å². The van der Waals surface area contributed by atoms with Crippen LogP contribution in [0.5, 0.6) is 0 Å². The van der Waals surface area contributed by atoms with Gasteiger partial charge in [0.1, 0.15) is 11.5 Å². The summed E-state index contributed by atoms with van der Waals surface area (Å²) in [6, 6.07) is 3.14. The Labute approximate surface area is 127 Å². The Morgan fingerprint density at radius 2 is 2.18 bits per heavy atom. The summed E-state index contributed by atoms with van der Waals surface area (Å²) in [5.74, 6) is 0.330. The number of carbonyl (C=O) groups is 2. The smallest absolute Gasteiger partial charge is 0.333 e. The molecule has 0 saturated heterocycles. The zero-order valence-corrected chi connectivity index (χ0v) is 12.1. The number of aromatic nitrogens is 2. The third-order valence-electron chi connectivity index (χ3n) is 2.87. The molecule has 3 N–H and O–H groups in total. The fourth-order valence-electron chi connectivity index (χ4n) is 1.74. The van der Waals surface area contributed by atoms with Gasteiger partial charge in [0.15, 0.2) is 0 Å². The number of aryl methyl sites for hydroxylation is 1. The molecule has 1 atom stereocenters. The monoisotopic (exact) mass is 303 g/mol. The summed E-state index contributed by atoms with van der Waals surface area (Å²) in [7, 11) is 0. The number of rotatable bonds is 5. The van der Waals surface area contributed by atoms with E-state index in [9.17, 15) is 9.59 Å². The van der Waals surface area contributed by atoms with Gasteiger partial charge in [0.25, 0.3) is 5.91 Å². The van der Waals surface area contributed by atoms with E-state index in [-0.39, 0.29) is 11.7 Å². The minimum absolute atomic E-state index is 0.0708. The minimum Gasteiger partial charge on any atom is -0.469 e. The summed E-state index contributed by atoms with van der Waals surface area (Å²) in [5.41, 5.74) is 4.64. The number of nitrogens with zero attached hydrogens (tertiary/aromatic N) is 2. The molecule has 116 valence electrons. The van der Waals surface area contributed by atoms with E-state index >= 15 is 0 Å². The SMILES string of the molecule is C[C@H](CCc1ccco1)NC(=O)NNC(=O)c1cnccn1. The standard InChI is InChI=1S/C14H17N5O3/c1-10(4-5-11-3-2-8-22-11)17-14(21)19-18-13(20)12-9-15-6-7-16-12/h2-3,6-10H,4-5H2,1H3,(H,18,20)(H2,17,19,21)/t10-/m1/s1. The second-order valence-corrected chi connectivity index (χ2v) is 4.66. The fourth-order valence-corrected chi connectivity index (χ4v) is 1.74. The zero-order valence-electron chi connectivity index (χ0n) is 12.1. The summed E-state index contributed by atoms with van der Waals surface area (Å²) in [4.78, 5) is 30.9. The van der Waals surface area contributed by atoms with E-state index in [1.54, 1.807) is 6.26 Å². The molecule has 0 radical (unpaired) electrons. The van der Waals surface area contributed by atoms with Gasteiger partial charge in [-0.05, 0) is 25.5 Å². The number of amides is 3. The first kappa shape index (κ1) is 15.5. The van der Waals surface area contributed by atoms with Crippen LogP contribution in [0.15, 0.2) is 41.4 Å². The van der Waals surface area contributed by atoms with E-state index in [0.717, 1.165) is 18.6 Å². The van der Waals surface area contributed by atoms with E-state index in [4.69, 9.17) is 4.42 Å². The van der Waals surface area contributed by atoms with Crippen molar-refractivity contribution >= 4 is 11.9 Å². The first-order valence-electron chi connectivity index (χ1n) is 6.80. The Morgan fingerprint density at radius 3 is 2.86 bits per heavy atom. The Morgan fingerprint density at radius 1 is 1.32 bits per heavy atom. The molecule has 8 nitrogen and oxygen atoms in total. The molecule has 0 aromatic carbocycles. The summed E-state index contributed by atoms with van der Waals surface area (Å²) >= 11 is 0. The van der Waals surface area contributed by atoms with E-state index in [1.165, 1.54) is 18.6 Å². The van der Waals surface area contributed by atoms with Gasteiger partial charge in [0.2, 0.25) is 0 Å². The Hall–Kier alpha value is -2.90. The van der Waals surface area contributed by atoms with Crippen LogP contribution in [-0.4, -0.2) is 27.9 Å². The van der Waals surface area contributed by atoms with Crippen LogP contribution in [0.4, 0.5) is 4.79 Å². The first-order chi connectivity index (χ1) is 10.6. The van der Waals surface area contributed by atoms with Gasteiger partial charge in [-0.15, -0.1) is 0 Å². The molecule has 0 saturated carbocycles. The average Bonchev–Trinajstić information content (AvgIpc) is 3.05. The van der Waals surface area contributed by atoms with Gasteiger partial charge in [-0.1, -0.05) is 0 Å². The molecule has 22 heavy (non-hydrogen) atoms. The van der Waals surface area contributed by atoms with E-state index < -0.39 is 11.9 Å². The lowest BCUT2D eigenvalue weighted by Crippen LogP contribution is -2.49. The lowest BCUT2D eigenvalue weighted by Gasteiger charge is -2.14. The largest absolute Gasteiger partial charge is 0.469 e. The molecule has 8 heteroatoms. The highest BCUT2D eigenvalue weighted by molar-refractivity contribution is 5.93. The zero-order chi connectivity index (χ0) is 15.8.